The van der Waals surface area contributed by atoms with Crippen LogP contribution < -0.4 is 0 Å². The number of nitrogens with zero attached hydrogens (tertiary/aromatic N) is 1. The van der Waals surface area contributed by atoms with Gasteiger partial charge in [0.2, 0.25) is 0 Å². The number of allylic oxidation sites excluding steroid dienone is 1. The first-order valence-electron chi connectivity index (χ1n) is 4.63. The van der Waals surface area contributed by atoms with Crippen LogP contribution >= 0.6 is 0 Å². The van der Waals surface area contributed by atoms with Crippen molar-refractivity contribution in [3.63, 3.8) is 0 Å². The number of hydrogen-bond acceptors (Lipinski definition) is 2. The van der Waals surface area contributed by atoms with Gasteiger partial charge in [0.05, 0.1) is 6.10 Å². The van der Waals surface area contributed by atoms with Gasteiger partial charge in [-0.3, -0.25) is 4.90 Å². The van der Waals surface area contributed by atoms with Gasteiger partial charge in [0.25, 0.3) is 0 Å². The molecule has 2 atom stereocenters. The van der Waals surface area contributed by atoms with E-state index in [1.807, 2.05) is 7.11 Å². The second-order valence-electron chi connectivity index (χ2n) is 3.46. The molecule has 1 saturated heterocycles. The lowest BCUT2D eigenvalue weighted by atomic mass is 10.00. The van der Waals surface area contributed by atoms with Gasteiger partial charge in [-0.05, 0) is 26.8 Å². The third-order valence-electron chi connectivity index (χ3n) is 2.62. The number of hydrogen-bond donors (Lipinski definition) is 0. The van der Waals surface area contributed by atoms with Gasteiger partial charge in [-0.1, -0.05) is 12.2 Å². The zero-order valence-corrected chi connectivity index (χ0v) is 8.29. The number of likely N-dealkylation sites (tertiary alicyclic amines) is 1. The lowest BCUT2D eigenvalue weighted by Crippen LogP contribution is -2.41. The topological polar surface area (TPSA) is 12.5 Å². The van der Waals surface area contributed by atoms with Crippen LogP contribution in [-0.2, 0) is 4.74 Å². The normalized spacial score (nSPS) is 32.9. The summed E-state index contributed by atoms with van der Waals surface area (Å²) >= 11 is 0. The van der Waals surface area contributed by atoms with Gasteiger partial charge in [0, 0.05) is 19.7 Å². The predicted octanol–water partition coefficient (Wildman–Crippen LogP) is 1.67. The Balaban J connectivity index is 2.47. The van der Waals surface area contributed by atoms with E-state index in [0.29, 0.717) is 12.1 Å². The molecule has 0 aromatic carbocycles. The fourth-order valence-corrected chi connectivity index (χ4v) is 1.74. The quantitative estimate of drug-likeness (QED) is 0.583. The fourth-order valence-electron chi connectivity index (χ4n) is 1.74. The van der Waals surface area contributed by atoms with Gasteiger partial charge in [-0.2, -0.15) is 0 Å². The van der Waals surface area contributed by atoms with E-state index in [1.54, 1.807) is 0 Å². The first kappa shape index (κ1) is 9.75. The van der Waals surface area contributed by atoms with E-state index < -0.39 is 0 Å². The molecule has 0 radical (unpaired) electrons. The monoisotopic (exact) mass is 169 g/mol. The van der Waals surface area contributed by atoms with E-state index in [0.717, 1.165) is 13.0 Å². The Kier molecular flexibility index (Phi) is 3.76. The van der Waals surface area contributed by atoms with Crippen LogP contribution in [0.15, 0.2) is 12.2 Å². The molecule has 1 aliphatic heterocycles. The van der Waals surface area contributed by atoms with Crippen molar-refractivity contribution in [1.82, 2.24) is 4.90 Å². The third-order valence-corrected chi connectivity index (χ3v) is 2.62. The van der Waals surface area contributed by atoms with Gasteiger partial charge >= 0.3 is 0 Å². The number of rotatable bonds is 2. The smallest absolute Gasteiger partial charge is 0.0601 e. The van der Waals surface area contributed by atoms with Crippen molar-refractivity contribution in [1.29, 1.82) is 0 Å². The van der Waals surface area contributed by atoms with Crippen molar-refractivity contribution in [2.24, 2.45) is 0 Å². The summed E-state index contributed by atoms with van der Waals surface area (Å²) in [6, 6.07) is 0.577. The highest BCUT2D eigenvalue weighted by atomic mass is 16.5. The Hall–Kier alpha value is -0.340. The Bertz CT molecular complexity index is 156. The van der Waals surface area contributed by atoms with Gasteiger partial charge < -0.3 is 4.74 Å². The molecule has 1 rings (SSSR count). The molecule has 0 amide bonds. The number of piperidine rings is 1. The van der Waals surface area contributed by atoms with E-state index in [1.165, 1.54) is 6.42 Å². The molecule has 2 nitrogen and oxygen atoms in total. The summed E-state index contributed by atoms with van der Waals surface area (Å²) in [4.78, 5) is 2.38. The summed E-state index contributed by atoms with van der Waals surface area (Å²) in [6.07, 6.45) is 7.14. The van der Waals surface area contributed by atoms with Crippen LogP contribution in [0.2, 0.25) is 0 Å². The summed E-state index contributed by atoms with van der Waals surface area (Å²) in [5, 5.41) is 0. The van der Waals surface area contributed by atoms with Crippen molar-refractivity contribution in [2.45, 2.75) is 31.9 Å². The van der Waals surface area contributed by atoms with E-state index in [2.05, 4.69) is 31.0 Å². The molecule has 0 aliphatic carbocycles. The number of likely N-dealkylation sites (N-methyl/N-ethyl adjacent to an activating group) is 1. The molecule has 1 aliphatic rings. The lowest BCUT2D eigenvalue weighted by molar-refractivity contribution is 0.0323. The fraction of sp³-hybridized carbons (Fsp3) is 0.800. The molecule has 2 heteroatoms. The number of ether oxygens (including phenoxy) is 1. The molecular formula is C10H19NO. The molecule has 0 N–H and O–H groups in total. The van der Waals surface area contributed by atoms with Crippen molar-refractivity contribution in [2.75, 3.05) is 20.7 Å². The Morgan fingerprint density at radius 3 is 2.83 bits per heavy atom. The molecule has 0 aromatic heterocycles. The Morgan fingerprint density at radius 2 is 2.25 bits per heavy atom. The third kappa shape index (κ3) is 2.32. The molecule has 12 heavy (non-hydrogen) atoms. The van der Waals surface area contributed by atoms with Crippen LogP contribution in [0.1, 0.15) is 19.8 Å². The summed E-state index contributed by atoms with van der Waals surface area (Å²) in [7, 11) is 3.99. The molecule has 0 spiro atoms. The largest absolute Gasteiger partial charge is 0.381 e. The molecule has 1 heterocycles. The highest BCUT2D eigenvalue weighted by Crippen LogP contribution is 2.18. The van der Waals surface area contributed by atoms with Crippen molar-refractivity contribution >= 4 is 0 Å². The van der Waals surface area contributed by atoms with E-state index in [9.17, 15) is 0 Å². The Morgan fingerprint density at radius 1 is 1.50 bits per heavy atom. The van der Waals surface area contributed by atoms with Crippen LogP contribution in [0.25, 0.3) is 0 Å². The second-order valence-corrected chi connectivity index (χ2v) is 3.46. The van der Waals surface area contributed by atoms with Crippen molar-refractivity contribution < 1.29 is 4.74 Å². The number of methoxy groups -OCH3 is 1. The average Bonchev–Trinajstić information content (AvgIpc) is 2.09. The van der Waals surface area contributed by atoms with Crippen LogP contribution in [0, 0.1) is 0 Å². The molecule has 0 aromatic rings. The SMILES string of the molecule is C/C=C/C1C[C@@H](OC)CCN1C. The standard InChI is InChI=1S/C10H19NO/c1-4-5-9-8-10(12-3)6-7-11(9)2/h4-5,9-10H,6-8H2,1-3H3/b5-4+/t9?,10-/m0/s1. The summed E-state index contributed by atoms with van der Waals surface area (Å²) in [5.41, 5.74) is 0. The lowest BCUT2D eigenvalue weighted by Gasteiger charge is -2.34. The zero-order valence-electron chi connectivity index (χ0n) is 8.29. The zero-order chi connectivity index (χ0) is 8.97. The van der Waals surface area contributed by atoms with Gasteiger partial charge in [-0.15, -0.1) is 0 Å². The predicted molar refractivity (Wildman–Crippen MR) is 51.3 cm³/mol. The minimum Gasteiger partial charge on any atom is -0.381 e. The molecule has 70 valence electrons. The van der Waals surface area contributed by atoms with Crippen LogP contribution in [0.4, 0.5) is 0 Å². The maximum atomic E-state index is 5.36. The molecule has 0 saturated carbocycles. The summed E-state index contributed by atoms with van der Waals surface area (Å²) < 4.78 is 5.36. The van der Waals surface area contributed by atoms with Crippen molar-refractivity contribution in [3.05, 3.63) is 12.2 Å². The van der Waals surface area contributed by atoms with Crippen LogP contribution in [0.5, 0.6) is 0 Å². The summed E-state index contributed by atoms with van der Waals surface area (Å²) in [5.74, 6) is 0. The van der Waals surface area contributed by atoms with Gasteiger partial charge in [0.15, 0.2) is 0 Å². The molecule has 0 bridgehead atoms. The molecule has 1 unspecified atom stereocenters. The molecular weight excluding hydrogens is 150 g/mol. The highest BCUT2D eigenvalue weighted by molar-refractivity contribution is 4.95. The highest BCUT2D eigenvalue weighted by Gasteiger charge is 2.23. The minimum absolute atomic E-state index is 0.461. The van der Waals surface area contributed by atoms with Gasteiger partial charge in [0.1, 0.15) is 0 Å². The first-order chi connectivity index (χ1) is 5.77. The Labute approximate surface area is 75.2 Å². The minimum atomic E-state index is 0.461. The van der Waals surface area contributed by atoms with Crippen molar-refractivity contribution in [3.8, 4) is 0 Å². The molecule has 1 fully saturated rings. The maximum absolute atomic E-state index is 5.36. The summed E-state index contributed by atoms with van der Waals surface area (Å²) in [6.45, 7) is 3.22. The van der Waals surface area contributed by atoms with Crippen LogP contribution in [-0.4, -0.2) is 37.7 Å². The van der Waals surface area contributed by atoms with E-state index in [4.69, 9.17) is 4.74 Å². The van der Waals surface area contributed by atoms with Gasteiger partial charge in [-0.25, -0.2) is 0 Å². The maximum Gasteiger partial charge on any atom is 0.0601 e. The van der Waals surface area contributed by atoms with Crippen LogP contribution in [0.3, 0.4) is 0 Å². The average molecular weight is 169 g/mol. The van der Waals surface area contributed by atoms with E-state index in [-0.39, 0.29) is 0 Å². The van der Waals surface area contributed by atoms with E-state index >= 15 is 0 Å². The second kappa shape index (κ2) is 4.63. The first-order valence-corrected chi connectivity index (χ1v) is 4.63.